The van der Waals surface area contributed by atoms with Gasteiger partial charge in [-0.15, -0.1) is 6.58 Å². The lowest BCUT2D eigenvalue weighted by Crippen LogP contribution is -2.42. The molecule has 0 fully saturated rings. The van der Waals surface area contributed by atoms with Crippen LogP contribution < -0.4 is 9.47 Å². The first-order valence-electron chi connectivity index (χ1n) is 10.3. The number of carbonyl (C=O) groups excluding carboxylic acids is 2. The van der Waals surface area contributed by atoms with Gasteiger partial charge in [0.15, 0.2) is 11.5 Å². The second kappa shape index (κ2) is 10.7. The number of hydrogen-bond donors (Lipinski definition) is 0. The Kier molecular flexibility index (Phi) is 7.70. The number of nitriles is 1. The quantitative estimate of drug-likeness (QED) is 0.310. The molecular formula is C26H23ClN2O4. The molecule has 0 bridgehead atoms. The molecule has 0 spiro atoms. The highest BCUT2D eigenvalue weighted by Crippen LogP contribution is 2.32. The molecule has 0 radical (unpaired) electrons. The topological polar surface area (TPSA) is 79.6 Å². The number of amides is 2. The van der Waals surface area contributed by atoms with E-state index >= 15 is 0 Å². The predicted octanol–water partition coefficient (Wildman–Crippen LogP) is 5.10. The molecule has 0 saturated carbocycles. The van der Waals surface area contributed by atoms with E-state index in [0.29, 0.717) is 40.9 Å². The Morgan fingerprint density at radius 3 is 2.45 bits per heavy atom. The zero-order valence-electron chi connectivity index (χ0n) is 18.4. The predicted molar refractivity (Wildman–Crippen MR) is 127 cm³/mol. The first kappa shape index (κ1) is 23.8. The van der Waals surface area contributed by atoms with Crippen molar-refractivity contribution < 1.29 is 19.1 Å². The summed E-state index contributed by atoms with van der Waals surface area (Å²) in [6.45, 7) is 7.83. The molecule has 0 N–H and O–H groups in total. The molecule has 2 aromatic carbocycles. The second-order valence-electron chi connectivity index (χ2n) is 7.23. The number of carbonyl (C=O) groups is 2. The van der Waals surface area contributed by atoms with Gasteiger partial charge in [0.1, 0.15) is 18.2 Å². The summed E-state index contributed by atoms with van der Waals surface area (Å²) in [5.41, 5.74) is 2.18. The van der Waals surface area contributed by atoms with Crippen LogP contribution >= 0.6 is 11.6 Å². The summed E-state index contributed by atoms with van der Waals surface area (Å²) in [6.07, 6.45) is 3.09. The van der Waals surface area contributed by atoms with Gasteiger partial charge in [-0.05, 0) is 60.9 Å². The molecule has 0 atom stereocenters. The lowest BCUT2D eigenvalue weighted by atomic mass is 9.93. The van der Waals surface area contributed by atoms with Gasteiger partial charge in [0.2, 0.25) is 0 Å². The molecule has 0 aliphatic carbocycles. The summed E-state index contributed by atoms with van der Waals surface area (Å²) in [6, 6.07) is 14.6. The maximum atomic E-state index is 12.9. The minimum absolute atomic E-state index is 0.0230. The summed E-state index contributed by atoms with van der Waals surface area (Å²) < 4.78 is 11.7. The molecule has 1 aliphatic rings. The zero-order chi connectivity index (χ0) is 24.0. The van der Waals surface area contributed by atoms with Gasteiger partial charge in [0.05, 0.1) is 6.61 Å². The number of ether oxygens (including phenoxy) is 2. The smallest absolute Gasteiger partial charge is 0.271 e. The summed E-state index contributed by atoms with van der Waals surface area (Å²) in [5.74, 6) is -0.0157. The first-order valence-corrected chi connectivity index (χ1v) is 10.7. The van der Waals surface area contributed by atoms with Crippen LogP contribution in [0.5, 0.6) is 11.5 Å². The molecule has 7 heteroatoms. The average molecular weight is 463 g/mol. The Morgan fingerprint density at radius 2 is 1.82 bits per heavy atom. The van der Waals surface area contributed by atoms with Gasteiger partial charge in [-0.3, -0.25) is 14.5 Å². The van der Waals surface area contributed by atoms with E-state index in [1.165, 1.54) is 6.08 Å². The van der Waals surface area contributed by atoms with Crippen LogP contribution in [-0.2, 0) is 16.2 Å². The summed E-state index contributed by atoms with van der Waals surface area (Å²) in [5, 5.41) is 10.1. The maximum absolute atomic E-state index is 12.9. The molecule has 0 aromatic heterocycles. The van der Waals surface area contributed by atoms with E-state index in [1.807, 2.05) is 25.1 Å². The maximum Gasteiger partial charge on any atom is 0.271 e. The van der Waals surface area contributed by atoms with Gasteiger partial charge in [0.25, 0.3) is 11.8 Å². The van der Waals surface area contributed by atoms with Crippen molar-refractivity contribution in [3.8, 4) is 17.6 Å². The highest BCUT2D eigenvalue weighted by Gasteiger charge is 2.34. The van der Waals surface area contributed by atoms with Crippen molar-refractivity contribution in [3.05, 3.63) is 88.0 Å². The molecular weight excluding hydrogens is 440 g/mol. The summed E-state index contributed by atoms with van der Waals surface area (Å²) in [4.78, 5) is 26.4. The van der Waals surface area contributed by atoms with Crippen molar-refractivity contribution in [3.63, 3.8) is 0 Å². The van der Waals surface area contributed by atoms with Gasteiger partial charge < -0.3 is 9.47 Å². The monoisotopic (exact) mass is 462 g/mol. The van der Waals surface area contributed by atoms with E-state index in [9.17, 15) is 14.9 Å². The van der Waals surface area contributed by atoms with Crippen molar-refractivity contribution >= 4 is 29.5 Å². The van der Waals surface area contributed by atoms with Crippen LogP contribution in [0.3, 0.4) is 0 Å². The van der Waals surface area contributed by atoms with E-state index in [-0.39, 0.29) is 17.7 Å². The lowest BCUT2D eigenvalue weighted by Gasteiger charge is -2.26. The fourth-order valence-electron chi connectivity index (χ4n) is 3.34. The Labute approximate surface area is 198 Å². The molecule has 2 aromatic rings. The lowest BCUT2D eigenvalue weighted by molar-refractivity contribution is -0.139. The third-order valence-electron chi connectivity index (χ3n) is 5.02. The number of hydrogen-bond acceptors (Lipinski definition) is 5. The molecule has 0 saturated heterocycles. The van der Waals surface area contributed by atoms with Crippen LogP contribution in [0.15, 0.2) is 71.8 Å². The molecule has 6 nitrogen and oxygen atoms in total. The van der Waals surface area contributed by atoms with Crippen LogP contribution in [0.1, 0.15) is 25.0 Å². The van der Waals surface area contributed by atoms with E-state index in [2.05, 4.69) is 6.58 Å². The molecule has 33 heavy (non-hydrogen) atoms. The van der Waals surface area contributed by atoms with Crippen LogP contribution in [0.25, 0.3) is 6.08 Å². The molecule has 3 rings (SSSR count). The van der Waals surface area contributed by atoms with Gasteiger partial charge in [-0.25, -0.2) is 0 Å². The van der Waals surface area contributed by atoms with Crippen molar-refractivity contribution in [2.45, 2.75) is 20.5 Å². The molecule has 2 amide bonds. The van der Waals surface area contributed by atoms with Gasteiger partial charge in [0, 0.05) is 17.1 Å². The van der Waals surface area contributed by atoms with Crippen molar-refractivity contribution in [1.82, 2.24) is 4.90 Å². The number of imide groups is 1. The molecule has 168 valence electrons. The summed E-state index contributed by atoms with van der Waals surface area (Å²) >= 11 is 5.93. The SMILES string of the molecule is C=CCN1C(=O)C(C#N)=C(C)/C(=C\c2ccc(OCc3ccc(Cl)cc3)c(OCC)c2)C1=O. The van der Waals surface area contributed by atoms with Crippen molar-refractivity contribution in [2.24, 2.45) is 0 Å². The molecule has 0 unspecified atom stereocenters. The van der Waals surface area contributed by atoms with Crippen LogP contribution in [0, 0.1) is 11.3 Å². The van der Waals surface area contributed by atoms with Crippen molar-refractivity contribution in [1.29, 1.82) is 5.26 Å². The number of halogens is 1. The second-order valence-corrected chi connectivity index (χ2v) is 7.67. The fraction of sp³-hybridized carbons (Fsp3) is 0.192. The minimum atomic E-state index is -0.613. The Bertz CT molecular complexity index is 1190. The normalized spacial score (nSPS) is 15.0. The molecule has 1 aliphatic heterocycles. The van der Waals surface area contributed by atoms with Crippen LogP contribution in [0.2, 0.25) is 5.02 Å². The van der Waals surface area contributed by atoms with E-state index in [1.54, 1.807) is 43.3 Å². The van der Waals surface area contributed by atoms with Crippen LogP contribution in [-0.4, -0.2) is 29.9 Å². The third-order valence-corrected chi connectivity index (χ3v) is 5.28. The highest BCUT2D eigenvalue weighted by atomic mass is 35.5. The molecule has 1 heterocycles. The van der Waals surface area contributed by atoms with E-state index in [4.69, 9.17) is 21.1 Å². The van der Waals surface area contributed by atoms with Gasteiger partial charge in [-0.1, -0.05) is 35.9 Å². The van der Waals surface area contributed by atoms with Crippen LogP contribution in [0.4, 0.5) is 0 Å². The number of nitrogens with zero attached hydrogens (tertiary/aromatic N) is 2. The standard InChI is InChI=1S/C26H23ClN2O4/c1-4-12-29-25(30)21(17(3)22(15-28)26(29)31)13-19-8-11-23(24(14-19)32-5-2)33-16-18-6-9-20(27)10-7-18/h4,6-11,13-14H,1,5,12,16H2,2-3H3/b21-13+. The first-order chi connectivity index (χ1) is 15.9. The fourth-order valence-corrected chi connectivity index (χ4v) is 3.46. The number of rotatable bonds is 8. The third kappa shape index (κ3) is 5.33. The van der Waals surface area contributed by atoms with Gasteiger partial charge in [-0.2, -0.15) is 5.26 Å². The Morgan fingerprint density at radius 1 is 1.09 bits per heavy atom. The highest BCUT2D eigenvalue weighted by molar-refractivity contribution is 6.30. The summed E-state index contributed by atoms with van der Waals surface area (Å²) in [7, 11) is 0. The number of benzene rings is 2. The van der Waals surface area contributed by atoms with Gasteiger partial charge >= 0.3 is 0 Å². The average Bonchev–Trinajstić information content (AvgIpc) is 2.80. The van der Waals surface area contributed by atoms with E-state index in [0.717, 1.165) is 10.5 Å². The van der Waals surface area contributed by atoms with E-state index < -0.39 is 11.8 Å². The van der Waals surface area contributed by atoms with Crippen molar-refractivity contribution in [2.75, 3.05) is 13.2 Å². The zero-order valence-corrected chi connectivity index (χ0v) is 19.2. The Hall–Kier alpha value is -3.82. The minimum Gasteiger partial charge on any atom is -0.490 e. The largest absolute Gasteiger partial charge is 0.490 e. The Balaban J connectivity index is 1.94.